The van der Waals surface area contributed by atoms with Gasteiger partial charge in [0.2, 0.25) is 0 Å². The summed E-state index contributed by atoms with van der Waals surface area (Å²) < 4.78 is 19.4. The first-order valence-corrected chi connectivity index (χ1v) is 18.5. The minimum Gasteiger partial charge on any atom is -0.311 e. The van der Waals surface area contributed by atoms with Crippen molar-refractivity contribution in [2.45, 2.75) is 13.8 Å². The summed E-state index contributed by atoms with van der Waals surface area (Å²) in [5.74, 6) is 0. The van der Waals surface area contributed by atoms with Crippen LogP contribution in [0, 0.1) is 13.8 Å². The van der Waals surface area contributed by atoms with Crippen LogP contribution < -0.4 is 9.80 Å². The monoisotopic (exact) mass is 708 g/mol. The minimum atomic E-state index is 0.834. The molecule has 0 N–H and O–H groups in total. The highest BCUT2D eigenvalue weighted by Crippen LogP contribution is 2.52. The average Bonchev–Trinajstić information content (AvgIpc) is 3.88. The molecule has 1 aliphatic heterocycles. The molecule has 0 radical (unpaired) electrons. The molecule has 1 aromatic heterocycles. The topological polar surface area (TPSA) is 57.0 Å². The molecule has 0 fully saturated rings. The minimum absolute atomic E-state index is 0.834. The number of aromatic nitrogens is 2. The fourth-order valence-corrected chi connectivity index (χ4v) is 7.91. The number of aryl methyl sites for hydroxylation is 2. The molecule has 0 bridgehead atoms. The SMILES string of the molecule is Cc1ccc(N(c2ccccc2)c2ccc(-c3c4c(c(-c5ccc(N(c6ccccc6)c6ccc(C)cc6)cc5)c5nsnc35)N=S=N4)cc2)cc1. The second-order valence-corrected chi connectivity index (χ2v) is 13.8. The fraction of sp³-hybridized carbons (Fsp3) is 0.0455. The first-order valence-electron chi connectivity index (χ1n) is 17.1. The van der Waals surface area contributed by atoms with E-state index in [0.717, 1.165) is 78.8 Å². The van der Waals surface area contributed by atoms with Gasteiger partial charge < -0.3 is 9.80 Å². The van der Waals surface area contributed by atoms with E-state index in [1.807, 2.05) is 12.1 Å². The number of nitrogens with zero attached hydrogens (tertiary/aromatic N) is 6. The van der Waals surface area contributed by atoms with Crippen LogP contribution >= 0.6 is 11.7 Å². The molecule has 7 aromatic carbocycles. The normalized spacial score (nSPS) is 11.7. The molecule has 8 aromatic rings. The number of benzene rings is 7. The highest BCUT2D eigenvalue weighted by atomic mass is 32.1. The van der Waals surface area contributed by atoms with Gasteiger partial charge in [-0.1, -0.05) is 96.1 Å². The van der Waals surface area contributed by atoms with Crippen LogP contribution in [0.3, 0.4) is 0 Å². The Labute approximate surface area is 310 Å². The third-order valence-corrected chi connectivity index (χ3v) is 10.4. The molecule has 0 atom stereocenters. The summed E-state index contributed by atoms with van der Waals surface area (Å²) in [4.78, 5) is 4.54. The van der Waals surface area contributed by atoms with Gasteiger partial charge >= 0.3 is 0 Å². The lowest BCUT2D eigenvalue weighted by Crippen LogP contribution is -2.09. The first kappa shape index (κ1) is 31.7. The molecule has 1 aliphatic rings. The summed E-state index contributed by atoms with van der Waals surface area (Å²) in [6.07, 6.45) is 0. The van der Waals surface area contributed by atoms with Gasteiger partial charge in [-0.3, -0.25) is 0 Å². The van der Waals surface area contributed by atoms with Gasteiger partial charge in [-0.25, -0.2) is 0 Å². The average molecular weight is 709 g/mol. The van der Waals surface area contributed by atoms with E-state index >= 15 is 0 Å². The van der Waals surface area contributed by atoms with Crippen molar-refractivity contribution in [3.63, 3.8) is 0 Å². The fourth-order valence-electron chi connectivity index (χ4n) is 6.79. The number of hydrogen-bond donors (Lipinski definition) is 0. The van der Waals surface area contributed by atoms with E-state index in [2.05, 4.69) is 169 Å². The van der Waals surface area contributed by atoms with Crippen LogP contribution in [-0.4, -0.2) is 8.75 Å². The lowest BCUT2D eigenvalue weighted by atomic mass is 9.93. The molecule has 9 rings (SSSR count). The zero-order valence-corrected chi connectivity index (χ0v) is 30.1. The van der Waals surface area contributed by atoms with Crippen molar-refractivity contribution < 1.29 is 0 Å². The zero-order chi connectivity index (χ0) is 35.0. The van der Waals surface area contributed by atoms with Crippen molar-refractivity contribution in [2.24, 2.45) is 8.73 Å². The van der Waals surface area contributed by atoms with E-state index in [4.69, 9.17) is 17.5 Å². The number of para-hydroxylation sites is 2. The van der Waals surface area contributed by atoms with Crippen LogP contribution in [0.25, 0.3) is 33.3 Å². The van der Waals surface area contributed by atoms with Crippen molar-refractivity contribution in [1.29, 1.82) is 0 Å². The molecule has 52 heavy (non-hydrogen) atoms. The second-order valence-electron chi connectivity index (χ2n) is 12.8. The van der Waals surface area contributed by atoms with E-state index in [0.29, 0.717) is 0 Å². The number of hydrogen-bond acceptors (Lipinski definition) is 7. The Morgan fingerprint density at radius 2 is 0.712 bits per heavy atom. The van der Waals surface area contributed by atoms with Gasteiger partial charge in [-0.2, -0.15) is 17.5 Å². The van der Waals surface area contributed by atoms with Gasteiger partial charge in [0.25, 0.3) is 0 Å². The zero-order valence-electron chi connectivity index (χ0n) is 28.5. The number of anilines is 6. The van der Waals surface area contributed by atoms with E-state index in [1.54, 1.807) is 0 Å². The summed E-state index contributed by atoms with van der Waals surface area (Å²) >= 11 is 2.45. The van der Waals surface area contributed by atoms with Gasteiger partial charge in [0, 0.05) is 45.3 Å². The predicted molar refractivity (Wildman–Crippen MR) is 219 cm³/mol. The van der Waals surface area contributed by atoms with Crippen LogP contribution in [0.4, 0.5) is 45.5 Å². The molecule has 0 unspecified atom stereocenters. The lowest BCUT2D eigenvalue weighted by Gasteiger charge is -2.26. The number of rotatable bonds is 8. The van der Waals surface area contributed by atoms with Crippen molar-refractivity contribution in [1.82, 2.24) is 8.75 Å². The van der Waals surface area contributed by atoms with E-state index in [-0.39, 0.29) is 0 Å². The van der Waals surface area contributed by atoms with Crippen molar-refractivity contribution in [3.05, 3.63) is 169 Å². The molecule has 0 amide bonds. The molecule has 6 nitrogen and oxygen atoms in total. The quantitative estimate of drug-likeness (QED) is 0.158. The Hall–Kier alpha value is -6.22. The molecule has 250 valence electrons. The largest absolute Gasteiger partial charge is 0.311 e. The van der Waals surface area contributed by atoms with Crippen LogP contribution in [0.1, 0.15) is 11.1 Å². The van der Waals surface area contributed by atoms with Crippen molar-refractivity contribution in [3.8, 4) is 22.3 Å². The summed E-state index contributed by atoms with van der Waals surface area (Å²) in [7, 11) is 0. The maximum atomic E-state index is 4.85. The summed E-state index contributed by atoms with van der Waals surface area (Å²) in [5, 5.41) is 0. The van der Waals surface area contributed by atoms with Crippen LogP contribution in [0.5, 0.6) is 0 Å². The van der Waals surface area contributed by atoms with Gasteiger partial charge in [0.15, 0.2) is 0 Å². The van der Waals surface area contributed by atoms with Gasteiger partial charge in [-0.15, -0.1) is 0 Å². The Morgan fingerprint density at radius 3 is 1.08 bits per heavy atom. The molecule has 0 aliphatic carbocycles. The van der Waals surface area contributed by atoms with Gasteiger partial charge in [0.05, 0.1) is 23.1 Å². The van der Waals surface area contributed by atoms with Gasteiger partial charge in [0.1, 0.15) is 22.4 Å². The van der Waals surface area contributed by atoms with E-state index in [9.17, 15) is 0 Å². The molecular formula is C44H32N6S2. The molecule has 0 saturated heterocycles. The summed E-state index contributed by atoms with van der Waals surface area (Å²) in [6.45, 7) is 4.22. The number of fused-ring (bicyclic) bond motifs is 2. The molecule has 8 heteroatoms. The molecule has 0 saturated carbocycles. The van der Waals surface area contributed by atoms with Crippen LogP contribution in [0.15, 0.2) is 166 Å². The Kier molecular flexibility index (Phi) is 8.23. The molecular weight excluding hydrogens is 677 g/mol. The van der Waals surface area contributed by atoms with Crippen LogP contribution in [0.2, 0.25) is 0 Å². The Morgan fingerprint density at radius 1 is 0.385 bits per heavy atom. The Bertz CT molecular complexity index is 2420. The molecule has 2 heterocycles. The van der Waals surface area contributed by atoms with E-state index < -0.39 is 0 Å². The van der Waals surface area contributed by atoms with Gasteiger partial charge in [-0.05, 0) is 97.8 Å². The standard InChI is InChI=1S/C44H32N6S2/c1-29-13-21-35(22-14-29)49(33-9-5-3-6-10-33)37-25-17-31(18-26-37)39-41-43(47-51-45-41)40(44-42(39)46-52-48-44)32-19-27-38(28-20-32)50(34-11-7-4-8-12-34)36-23-15-30(2)16-24-36/h3-28H,1-2H3. The second kappa shape index (κ2) is 13.5. The van der Waals surface area contributed by atoms with Crippen molar-refractivity contribution >= 4 is 79.6 Å². The first-order chi connectivity index (χ1) is 25.6. The van der Waals surface area contributed by atoms with E-state index in [1.165, 1.54) is 34.2 Å². The lowest BCUT2D eigenvalue weighted by molar-refractivity contribution is 1.27. The maximum Gasteiger partial charge on any atom is 0.115 e. The summed E-state index contributed by atoms with van der Waals surface area (Å²) in [5.41, 5.74) is 16.3. The third-order valence-electron chi connectivity index (χ3n) is 9.37. The Balaban J connectivity index is 1.11. The smallest absolute Gasteiger partial charge is 0.115 e. The molecule has 0 spiro atoms. The predicted octanol–water partition coefficient (Wildman–Crippen LogP) is 13.3. The highest BCUT2D eigenvalue weighted by molar-refractivity contribution is 7.58. The summed E-state index contributed by atoms with van der Waals surface area (Å²) in [6, 6.07) is 55.5. The van der Waals surface area contributed by atoms with Crippen LogP contribution in [-0.2, 0) is 11.4 Å². The highest BCUT2D eigenvalue weighted by Gasteiger charge is 2.26. The van der Waals surface area contributed by atoms with Crippen molar-refractivity contribution in [2.75, 3.05) is 9.80 Å². The maximum absolute atomic E-state index is 4.85. The third kappa shape index (κ3) is 5.78.